The molecule has 5 heteroatoms. The number of rotatable bonds is 4. The van der Waals surface area contributed by atoms with Crippen molar-refractivity contribution in [3.05, 3.63) is 22.8 Å². The van der Waals surface area contributed by atoms with Crippen molar-refractivity contribution >= 4 is 11.6 Å². The van der Waals surface area contributed by atoms with E-state index < -0.39 is 0 Å². The first-order valence-electron chi connectivity index (χ1n) is 5.14. The van der Waals surface area contributed by atoms with E-state index in [2.05, 4.69) is 10.3 Å². The van der Waals surface area contributed by atoms with Crippen LogP contribution in [0.1, 0.15) is 5.56 Å². The zero-order valence-corrected chi connectivity index (χ0v) is 10.2. The molecular weight excluding hydrogens is 228 g/mol. The van der Waals surface area contributed by atoms with Crippen molar-refractivity contribution in [2.75, 3.05) is 27.3 Å². The van der Waals surface area contributed by atoms with Crippen molar-refractivity contribution < 1.29 is 9.47 Å². The molecule has 0 aliphatic carbocycles. The molecule has 1 fully saturated rings. The number of methoxy groups -OCH3 is 2. The summed E-state index contributed by atoms with van der Waals surface area (Å²) in [5.74, 6) is 0.579. The predicted octanol–water partition coefficient (Wildman–Crippen LogP) is 1.27. The number of nitrogens with zero attached hydrogens (tertiary/aromatic N) is 1. The minimum absolute atomic E-state index is 0.122. The number of hydrogen-bond acceptors (Lipinski definition) is 4. The van der Waals surface area contributed by atoms with E-state index in [0.717, 1.165) is 25.1 Å². The Hall–Kier alpha value is -0.840. The number of pyridine rings is 1. The van der Waals surface area contributed by atoms with E-state index in [1.54, 1.807) is 20.3 Å². The summed E-state index contributed by atoms with van der Waals surface area (Å²) in [5, 5.41) is 3.65. The third kappa shape index (κ3) is 2.14. The molecule has 0 saturated carbocycles. The highest BCUT2D eigenvalue weighted by atomic mass is 35.5. The summed E-state index contributed by atoms with van der Waals surface area (Å²) >= 11 is 5.81. The molecule has 0 atom stereocenters. The Bertz CT molecular complexity index is 375. The number of aromatic nitrogens is 1. The highest BCUT2D eigenvalue weighted by Crippen LogP contribution is 2.27. The van der Waals surface area contributed by atoms with E-state index in [4.69, 9.17) is 21.1 Å². The quantitative estimate of drug-likeness (QED) is 0.808. The van der Waals surface area contributed by atoms with Crippen LogP contribution in [0.5, 0.6) is 5.88 Å². The third-order valence-corrected chi connectivity index (χ3v) is 3.15. The molecule has 0 unspecified atom stereocenters. The van der Waals surface area contributed by atoms with Gasteiger partial charge in [-0.25, -0.2) is 4.98 Å². The summed E-state index contributed by atoms with van der Waals surface area (Å²) in [6, 6.07) is 3.71. The topological polar surface area (TPSA) is 43.4 Å². The molecule has 1 aliphatic heterocycles. The maximum absolute atomic E-state index is 5.81. The molecule has 4 nitrogen and oxygen atoms in total. The van der Waals surface area contributed by atoms with E-state index in [1.807, 2.05) is 6.07 Å². The van der Waals surface area contributed by atoms with Crippen molar-refractivity contribution in [2.45, 2.75) is 12.0 Å². The summed E-state index contributed by atoms with van der Waals surface area (Å²) in [7, 11) is 3.33. The molecule has 16 heavy (non-hydrogen) atoms. The fourth-order valence-corrected chi connectivity index (χ4v) is 1.99. The second kappa shape index (κ2) is 4.57. The minimum atomic E-state index is -0.122. The molecule has 1 aromatic heterocycles. The molecular formula is C11H15ClN2O2. The van der Waals surface area contributed by atoms with Gasteiger partial charge >= 0.3 is 0 Å². The van der Waals surface area contributed by atoms with Gasteiger partial charge < -0.3 is 14.8 Å². The number of ether oxygens (including phenoxy) is 2. The maximum Gasteiger partial charge on any atom is 0.217 e. The zero-order chi connectivity index (χ0) is 11.6. The summed E-state index contributed by atoms with van der Waals surface area (Å²) in [6.45, 7) is 1.71. The zero-order valence-electron chi connectivity index (χ0n) is 9.42. The van der Waals surface area contributed by atoms with Crippen LogP contribution in [-0.4, -0.2) is 37.9 Å². The van der Waals surface area contributed by atoms with Crippen molar-refractivity contribution in [1.29, 1.82) is 0 Å². The lowest BCUT2D eigenvalue weighted by molar-refractivity contribution is -0.0506. The minimum Gasteiger partial charge on any atom is -0.481 e. The number of hydrogen-bond donors (Lipinski definition) is 1. The van der Waals surface area contributed by atoms with Crippen LogP contribution in [0.25, 0.3) is 0 Å². The molecule has 0 spiro atoms. The Morgan fingerprint density at radius 3 is 2.69 bits per heavy atom. The summed E-state index contributed by atoms with van der Waals surface area (Å²) in [6.07, 6.45) is 0.782. The Labute approximate surface area is 99.9 Å². The van der Waals surface area contributed by atoms with Crippen molar-refractivity contribution in [1.82, 2.24) is 10.3 Å². The van der Waals surface area contributed by atoms with Crippen LogP contribution in [-0.2, 0) is 11.2 Å². The van der Waals surface area contributed by atoms with Crippen molar-refractivity contribution in [3.8, 4) is 5.88 Å². The lowest BCUT2D eigenvalue weighted by Crippen LogP contribution is -2.61. The standard InChI is InChI=1S/C11H15ClN2O2/c1-15-10-8(3-4-9(12)14-10)5-11(16-2)6-13-7-11/h3-4,13H,5-7H2,1-2H3. The first-order valence-corrected chi connectivity index (χ1v) is 5.52. The van der Waals surface area contributed by atoms with Gasteiger partial charge in [0.2, 0.25) is 5.88 Å². The van der Waals surface area contributed by atoms with Crippen LogP contribution in [0.15, 0.2) is 12.1 Å². The van der Waals surface area contributed by atoms with Crippen LogP contribution in [0.3, 0.4) is 0 Å². The fourth-order valence-electron chi connectivity index (χ4n) is 1.85. The molecule has 2 heterocycles. The summed E-state index contributed by atoms with van der Waals surface area (Å²) in [4.78, 5) is 4.14. The molecule has 0 amide bonds. The number of halogens is 1. The highest BCUT2D eigenvalue weighted by Gasteiger charge is 2.37. The SMILES string of the molecule is COc1nc(Cl)ccc1CC1(OC)CNC1. The molecule has 88 valence electrons. The lowest BCUT2D eigenvalue weighted by Gasteiger charge is -2.41. The smallest absolute Gasteiger partial charge is 0.217 e. The number of nitrogens with one attached hydrogen (secondary N) is 1. The Morgan fingerprint density at radius 1 is 1.44 bits per heavy atom. The van der Waals surface area contributed by atoms with Gasteiger partial charge in [-0.3, -0.25) is 0 Å². The van der Waals surface area contributed by atoms with E-state index in [0.29, 0.717) is 11.0 Å². The van der Waals surface area contributed by atoms with Gasteiger partial charge in [-0.2, -0.15) is 0 Å². The van der Waals surface area contributed by atoms with Gasteiger partial charge in [0.15, 0.2) is 0 Å². The Morgan fingerprint density at radius 2 is 2.19 bits per heavy atom. The average molecular weight is 243 g/mol. The summed E-state index contributed by atoms with van der Waals surface area (Å²) < 4.78 is 10.7. The van der Waals surface area contributed by atoms with Crippen molar-refractivity contribution in [2.24, 2.45) is 0 Å². The summed E-state index contributed by atoms with van der Waals surface area (Å²) in [5.41, 5.74) is 0.901. The van der Waals surface area contributed by atoms with E-state index in [9.17, 15) is 0 Å². The lowest BCUT2D eigenvalue weighted by atomic mass is 9.89. The second-order valence-corrected chi connectivity index (χ2v) is 4.36. The Balaban J connectivity index is 2.20. The normalized spacial score (nSPS) is 17.9. The Kier molecular flexibility index (Phi) is 3.33. The van der Waals surface area contributed by atoms with E-state index in [-0.39, 0.29) is 5.60 Å². The first-order chi connectivity index (χ1) is 7.69. The molecule has 0 radical (unpaired) electrons. The molecule has 1 N–H and O–H groups in total. The second-order valence-electron chi connectivity index (χ2n) is 3.97. The molecule has 0 aromatic carbocycles. The van der Waals surface area contributed by atoms with Gasteiger partial charge in [-0.1, -0.05) is 17.7 Å². The largest absolute Gasteiger partial charge is 0.481 e. The highest BCUT2D eigenvalue weighted by molar-refractivity contribution is 6.29. The van der Waals surface area contributed by atoms with Crippen LogP contribution < -0.4 is 10.1 Å². The van der Waals surface area contributed by atoms with Gasteiger partial charge in [-0.05, 0) is 6.07 Å². The predicted molar refractivity (Wildman–Crippen MR) is 62.1 cm³/mol. The molecule has 2 rings (SSSR count). The first kappa shape index (κ1) is 11.6. The van der Waals surface area contributed by atoms with Crippen LogP contribution in [0.2, 0.25) is 5.15 Å². The molecule has 1 saturated heterocycles. The van der Waals surface area contributed by atoms with Gasteiger partial charge in [0.1, 0.15) is 5.15 Å². The van der Waals surface area contributed by atoms with Gasteiger partial charge in [0, 0.05) is 32.2 Å². The molecule has 1 aliphatic rings. The van der Waals surface area contributed by atoms with Crippen LogP contribution in [0, 0.1) is 0 Å². The van der Waals surface area contributed by atoms with E-state index >= 15 is 0 Å². The van der Waals surface area contributed by atoms with Gasteiger partial charge in [-0.15, -0.1) is 0 Å². The van der Waals surface area contributed by atoms with Gasteiger partial charge in [0.25, 0.3) is 0 Å². The molecule has 0 bridgehead atoms. The van der Waals surface area contributed by atoms with Crippen molar-refractivity contribution in [3.63, 3.8) is 0 Å². The molecule has 1 aromatic rings. The third-order valence-electron chi connectivity index (χ3n) is 2.94. The van der Waals surface area contributed by atoms with Crippen LogP contribution in [0.4, 0.5) is 0 Å². The monoisotopic (exact) mass is 242 g/mol. The van der Waals surface area contributed by atoms with E-state index in [1.165, 1.54) is 0 Å². The average Bonchev–Trinajstić information content (AvgIpc) is 2.25. The maximum atomic E-state index is 5.81. The van der Waals surface area contributed by atoms with Gasteiger partial charge in [0.05, 0.1) is 12.7 Å². The van der Waals surface area contributed by atoms with Crippen LogP contribution >= 0.6 is 11.6 Å². The fraction of sp³-hybridized carbons (Fsp3) is 0.545.